The first-order chi connectivity index (χ1) is 5.34. The zero-order valence-corrected chi connectivity index (χ0v) is 6.40. The topological polar surface area (TPSA) is 34.9 Å². The molecule has 3 nitrogen and oxygen atoms in total. The van der Waals surface area contributed by atoms with Gasteiger partial charge in [-0.05, 0) is 12.5 Å². The average Bonchev–Trinajstić information content (AvgIpc) is 2.52. The van der Waals surface area contributed by atoms with Gasteiger partial charge >= 0.3 is 0 Å². The van der Waals surface area contributed by atoms with Crippen LogP contribution in [0.25, 0.3) is 0 Å². The van der Waals surface area contributed by atoms with Gasteiger partial charge in [0, 0.05) is 12.4 Å². The molecule has 11 heavy (non-hydrogen) atoms. The molecule has 0 aliphatic rings. The van der Waals surface area contributed by atoms with E-state index in [0.717, 1.165) is 6.42 Å². The molecule has 0 fully saturated rings. The van der Waals surface area contributed by atoms with Crippen LogP contribution in [0.1, 0.15) is 18.1 Å². The lowest BCUT2D eigenvalue weighted by molar-refractivity contribution is 0.0968. The first-order valence-electron chi connectivity index (χ1n) is 3.53. The van der Waals surface area contributed by atoms with Gasteiger partial charge in [-0.15, -0.1) is 0 Å². The fourth-order valence-electron chi connectivity index (χ4n) is 0.694. The van der Waals surface area contributed by atoms with E-state index in [1.165, 1.54) is 10.9 Å². The van der Waals surface area contributed by atoms with Crippen LogP contribution in [-0.2, 0) is 0 Å². The van der Waals surface area contributed by atoms with Crippen LogP contribution < -0.4 is 0 Å². The number of aromatic nitrogens is 2. The number of hydrogen-bond donors (Lipinski definition) is 0. The maximum atomic E-state index is 11.1. The Morgan fingerprint density at radius 1 is 1.73 bits per heavy atom. The van der Waals surface area contributed by atoms with E-state index in [9.17, 15) is 4.79 Å². The van der Waals surface area contributed by atoms with E-state index < -0.39 is 0 Å². The molecule has 0 unspecified atom stereocenters. The molecule has 0 bridgehead atoms. The third-order valence-electron chi connectivity index (χ3n) is 1.26. The second kappa shape index (κ2) is 3.71. The van der Waals surface area contributed by atoms with Crippen LogP contribution in [0.4, 0.5) is 0 Å². The van der Waals surface area contributed by atoms with E-state index in [1.54, 1.807) is 18.5 Å². The molecule has 0 atom stereocenters. The Kier molecular flexibility index (Phi) is 2.60. The highest BCUT2D eigenvalue weighted by Crippen LogP contribution is 1.88. The largest absolute Gasteiger partial charge is 0.273 e. The highest BCUT2D eigenvalue weighted by atomic mass is 16.1. The normalized spacial score (nSPS) is 10.6. The lowest BCUT2D eigenvalue weighted by Gasteiger charge is -1.91. The Morgan fingerprint density at radius 3 is 3.09 bits per heavy atom. The Hall–Kier alpha value is -1.38. The van der Waals surface area contributed by atoms with Crippen molar-refractivity contribution in [1.82, 2.24) is 9.55 Å². The predicted molar refractivity (Wildman–Crippen MR) is 42.3 cm³/mol. The zero-order valence-electron chi connectivity index (χ0n) is 6.40. The predicted octanol–water partition coefficient (Wildman–Crippen LogP) is 1.49. The van der Waals surface area contributed by atoms with Crippen molar-refractivity contribution in [2.24, 2.45) is 0 Å². The molecule has 0 amide bonds. The number of imidazole rings is 1. The highest BCUT2D eigenvalue weighted by Gasteiger charge is 1.95. The summed E-state index contributed by atoms with van der Waals surface area (Å²) in [6.45, 7) is 1.98. The second-order valence-electron chi connectivity index (χ2n) is 2.12. The minimum Gasteiger partial charge on any atom is -0.273 e. The summed E-state index contributed by atoms with van der Waals surface area (Å²) in [6.07, 6.45) is 8.94. The fourth-order valence-corrected chi connectivity index (χ4v) is 0.694. The molecule has 3 heteroatoms. The molecule has 0 radical (unpaired) electrons. The smallest absolute Gasteiger partial charge is 0.255 e. The first kappa shape index (κ1) is 7.72. The van der Waals surface area contributed by atoms with E-state index in [-0.39, 0.29) is 5.91 Å². The van der Waals surface area contributed by atoms with Crippen LogP contribution in [0.15, 0.2) is 30.9 Å². The number of carbonyl (C=O) groups excluding carboxylic acids is 1. The number of rotatable bonds is 2. The van der Waals surface area contributed by atoms with Crippen LogP contribution >= 0.6 is 0 Å². The molecule has 0 saturated heterocycles. The third-order valence-corrected chi connectivity index (χ3v) is 1.26. The van der Waals surface area contributed by atoms with Crippen molar-refractivity contribution in [3.05, 3.63) is 30.9 Å². The van der Waals surface area contributed by atoms with Crippen molar-refractivity contribution in [2.45, 2.75) is 13.3 Å². The summed E-state index contributed by atoms with van der Waals surface area (Å²) < 4.78 is 1.44. The molecule has 1 rings (SSSR count). The number of carbonyl (C=O) groups is 1. The summed E-state index contributed by atoms with van der Waals surface area (Å²) in [5.41, 5.74) is 0. The van der Waals surface area contributed by atoms with Gasteiger partial charge in [-0.1, -0.05) is 13.0 Å². The molecule has 0 aliphatic heterocycles. The van der Waals surface area contributed by atoms with Gasteiger partial charge in [0.05, 0.1) is 0 Å². The Morgan fingerprint density at radius 2 is 2.55 bits per heavy atom. The van der Waals surface area contributed by atoms with Crippen molar-refractivity contribution < 1.29 is 4.79 Å². The molecular weight excluding hydrogens is 140 g/mol. The lowest BCUT2D eigenvalue weighted by Crippen LogP contribution is -2.03. The highest BCUT2D eigenvalue weighted by molar-refractivity contribution is 5.89. The summed E-state index contributed by atoms with van der Waals surface area (Å²) in [4.78, 5) is 14.9. The summed E-state index contributed by atoms with van der Waals surface area (Å²) in [5, 5.41) is 0. The Labute approximate surface area is 65.4 Å². The van der Waals surface area contributed by atoms with E-state index in [4.69, 9.17) is 0 Å². The fraction of sp³-hybridized carbons (Fsp3) is 0.250. The third kappa shape index (κ3) is 2.04. The maximum Gasteiger partial charge on any atom is 0.255 e. The standard InChI is InChI=1S/C8H10N2O/c1-2-3-4-8(11)10-6-5-9-7-10/h3-7H,2H2,1H3. The van der Waals surface area contributed by atoms with Gasteiger partial charge in [0.2, 0.25) is 0 Å². The van der Waals surface area contributed by atoms with Crippen molar-refractivity contribution >= 4 is 5.91 Å². The van der Waals surface area contributed by atoms with Crippen LogP contribution in [-0.4, -0.2) is 15.5 Å². The van der Waals surface area contributed by atoms with Crippen LogP contribution in [0, 0.1) is 0 Å². The molecule has 0 spiro atoms. The van der Waals surface area contributed by atoms with Crippen LogP contribution in [0.2, 0.25) is 0 Å². The SMILES string of the molecule is CCC=CC(=O)n1ccnc1. The van der Waals surface area contributed by atoms with Gasteiger partial charge in [-0.3, -0.25) is 9.36 Å². The van der Waals surface area contributed by atoms with Gasteiger partial charge in [0.1, 0.15) is 6.33 Å². The van der Waals surface area contributed by atoms with E-state index in [2.05, 4.69) is 4.98 Å². The molecular formula is C8H10N2O. The van der Waals surface area contributed by atoms with E-state index >= 15 is 0 Å². The van der Waals surface area contributed by atoms with Crippen molar-refractivity contribution in [2.75, 3.05) is 0 Å². The lowest BCUT2D eigenvalue weighted by atomic mass is 10.4. The minimum absolute atomic E-state index is 0.0515. The van der Waals surface area contributed by atoms with Gasteiger partial charge in [0.15, 0.2) is 0 Å². The molecule has 0 aromatic carbocycles. The summed E-state index contributed by atoms with van der Waals surface area (Å²) >= 11 is 0. The van der Waals surface area contributed by atoms with Gasteiger partial charge in [-0.25, -0.2) is 4.98 Å². The molecule has 1 heterocycles. The quantitative estimate of drug-likeness (QED) is 0.598. The monoisotopic (exact) mass is 150 g/mol. The van der Waals surface area contributed by atoms with Crippen molar-refractivity contribution in [1.29, 1.82) is 0 Å². The van der Waals surface area contributed by atoms with E-state index in [1.807, 2.05) is 13.0 Å². The number of nitrogens with zero attached hydrogens (tertiary/aromatic N) is 2. The van der Waals surface area contributed by atoms with Crippen LogP contribution in [0.5, 0.6) is 0 Å². The summed E-state index contributed by atoms with van der Waals surface area (Å²) in [6, 6.07) is 0. The van der Waals surface area contributed by atoms with Gasteiger partial charge in [-0.2, -0.15) is 0 Å². The van der Waals surface area contributed by atoms with E-state index in [0.29, 0.717) is 0 Å². The Balaban J connectivity index is 2.64. The van der Waals surface area contributed by atoms with Crippen LogP contribution in [0.3, 0.4) is 0 Å². The number of hydrogen-bond acceptors (Lipinski definition) is 2. The summed E-state index contributed by atoms with van der Waals surface area (Å²) in [5.74, 6) is -0.0515. The zero-order chi connectivity index (χ0) is 8.10. The van der Waals surface area contributed by atoms with Gasteiger partial charge < -0.3 is 0 Å². The second-order valence-corrected chi connectivity index (χ2v) is 2.12. The molecule has 0 aliphatic carbocycles. The first-order valence-corrected chi connectivity index (χ1v) is 3.53. The minimum atomic E-state index is -0.0515. The number of allylic oxidation sites excluding steroid dienone is 2. The molecule has 0 saturated carbocycles. The Bertz CT molecular complexity index is 249. The molecule has 1 aromatic rings. The molecule has 1 aromatic heterocycles. The van der Waals surface area contributed by atoms with Crippen molar-refractivity contribution in [3.63, 3.8) is 0 Å². The average molecular weight is 150 g/mol. The molecule has 0 N–H and O–H groups in total. The van der Waals surface area contributed by atoms with Gasteiger partial charge in [0.25, 0.3) is 5.91 Å². The van der Waals surface area contributed by atoms with Crippen molar-refractivity contribution in [3.8, 4) is 0 Å². The maximum absolute atomic E-state index is 11.1. The molecule has 58 valence electrons. The summed E-state index contributed by atoms with van der Waals surface area (Å²) in [7, 11) is 0.